The number of amides is 2. The monoisotopic (exact) mass is 360 g/mol. The molecule has 4 N–H and O–H groups in total. The molecule has 1 aromatic rings. The van der Waals surface area contributed by atoms with Crippen molar-refractivity contribution < 1.29 is 9.59 Å². The predicted molar refractivity (Wildman–Crippen MR) is 104 cm³/mol. The predicted octanol–water partition coefficient (Wildman–Crippen LogP) is 0.767. The van der Waals surface area contributed by atoms with Crippen molar-refractivity contribution in [1.82, 2.24) is 15.5 Å². The maximum absolute atomic E-state index is 11.9. The molecule has 26 heavy (non-hydrogen) atoms. The second kappa shape index (κ2) is 10.3. The third kappa shape index (κ3) is 6.77. The van der Waals surface area contributed by atoms with Crippen LogP contribution in [0.1, 0.15) is 25.8 Å². The molecule has 0 aromatic heterocycles. The molecule has 1 aliphatic heterocycles. The smallest absolute Gasteiger partial charge is 0.239 e. The molecule has 2 atom stereocenters. The van der Waals surface area contributed by atoms with E-state index in [9.17, 15) is 9.59 Å². The lowest BCUT2D eigenvalue weighted by Gasteiger charge is -2.17. The first-order valence-electron chi connectivity index (χ1n) is 9.52. The Morgan fingerprint density at radius 3 is 2.65 bits per heavy atom. The molecule has 1 unspecified atom stereocenters. The van der Waals surface area contributed by atoms with E-state index in [0.717, 1.165) is 32.5 Å². The fraction of sp³-hybridized carbons (Fsp3) is 0.600. The average molecular weight is 361 g/mol. The van der Waals surface area contributed by atoms with Crippen LogP contribution >= 0.6 is 0 Å². The van der Waals surface area contributed by atoms with Gasteiger partial charge in [0, 0.05) is 19.6 Å². The molecule has 6 heteroatoms. The van der Waals surface area contributed by atoms with Crippen LogP contribution in [-0.2, 0) is 16.0 Å². The Balaban J connectivity index is 1.60. The summed E-state index contributed by atoms with van der Waals surface area (Å²) in [4.78, 5) is 26.1. The Kier molecular flexibility index (Phi) is 8.06. The highest BCUT2D eigenvalue weighted by Crippen LogP contribution is 2.15. The maximum atomic E-state index is 11.9. The minimum atomic E-state index is -0.573. The van der Waals surface area contributed by atoms with Crippen molar-refractivity contribution in [3.8, 4) is 0 Å². The van der Waals surface area contributed by atoms with E-state index in [0.29, 0.717) is 12.5 Å². The number of hydrogen-bond donors (Lipinski definition) is 3. The van der Waals surface area contributed by atoms with E-state index in [1.807, 2.05) is 19.9 Å². The first-order chi connectivity index (χ1) is 12.5. The van der Waals surface area contributed by atoms with Crippen molar-refractivity contribution in [2.75, 3.05) is 32.7 Å². The number of likely N-dealkylation sites (tertiary alicyclic amines) is 1. The third-order valence-electron chi connectivity index (χ3n) is 4.96. The largest absolute Gasteiger partial charge is 0.354 e. The molecule has 2 rings (SSSR count). The summed E-state index contributed by atoms with van der Waals surface area (Å²) >= 11 is 0. The molecular formula is C20H32N4O2. The second-order valence-electron chi connectivity index (χ2n) is 7.48. The molecular weight excluding hydrogens is 328 g/mol. The van der Waals surface area contributed by atoms with Crippen LogP contribution in [0.3, 0.4) is 0 Å². The summed E-state index contributed by atoms with van der Waals surface area (Å²) in [6, 6.07) is 9.93. The van der Waals surface area contributed by atoms with Crippen LogP contribution in [0.2, 0.25) is 0 Å². The average Bonchev–Trinajstić information content (AvgIpc) is 3.10. The van der Waals surface area contributed by atoms with Gasteiger partial charge in [-0.15, -0.1) is 0 Å². The molecule has 1 saturated heterocycles. The maximum Gasteiger partial charge on any atom is 0.239 e. The summed E-state index contributed by atoms with van der Waals surface area (Å²) in [6.45, 7) is 7.56. The minimum absolute atomic E-state index is 0.0102. The van der Waals surface area contributed by atoms with E-state index in [4.69, 9.17) is 5.73 Å². The molecule has 144 valence electrons. The van der Waals surface area contributed by atoms with Crippen LogP contribution in [0.25, 0.3) is 0 Å². The first kappa shape index (κ1) is 20.4. The SMILES string of the molecule is CC(C)[C@H](N)C(=O)NCC(=O)NCC1CCN(CCc2ccccc2)C1. The lowest BCUT2D eigenvalue weighted by atomic mass is 10.1. The van der Waals surface area contributed by atoms with Crippen molar-refractivity contribution in [1.29, 1.82) is 0 Å². The van der Waals surface area contributed by atoms with Crippen molar-refractivity contribution >= 4 is 11.8 Å². The number of nitrogens with zero attached hydrogens (tertiary/aromatic N) is 1. The van der Waals surface area contributed by atoms with Gasteiger partial charge in [0.15, 0.2) is 0 Å². The highest BCUT2D eigenvalue weighted by Gasteiger charge is 2.23. The Labute approximate surface area is 156 Å². The lowest BCUT2D eigenvalue weighted by molar-refractivity contribution is -0.127. The Morgan fingerprint density at radius 2 is 1.96 bits per heavy atom. The van der Waals surface area contributed by atoms with Gasteiger partial charge in [0.2, 0.25) is 11.8 Å². The standard InChI is InChI=1S/C20H32N4O2/c1-15(2)19(21)20(26)23-13-18(25)22-12-17-9-11-24(14-17)10-8-16-6-4-3-5-7-16/h3-7,15,17,19H,8-14,21H2,1-2H3,(H,22,25)(H,23,26)/t17?,19-/m0/s1. The summed E-state index contributed by atoms with van der Waals surface area (Å²) in [7, 11) is 0. The Hall–Kier alpha value is -1.92. The van der Waals surface area contributed by atoms with Gasteiger partial charge >= 0.3 is 0 Å². The fourth-order valence-electron chi connectivity index (χ4n) is 3.12. The number of benzene rings is 1. The van der Waals surface area contributed by atoms with Gasteiger partial charge in [-0.1, -0.05) is 44.2 Å². The number of hydrogen-bond acceptors (Lipinski definition) is 4. The summed E-state index contributed by atoms with van der Waals surface area (Å²) in [6.07, 6.45) is 2.15. The fourth-order valence-corrected chi connectivity index (χ4v) is 3.12. The number of carbonyl (C=O) groups excluding carboxylic acids is 2. The van der Waals surface area contributed by atoms with Crippen LogP contribution in [0.5, 0.6) is 0 Å². The van der Waals surface area contributed by atoms with E-state index in [-0.39, 0.29) is 24.3 Å². The number of nitrogens with two attached hydrogens (primary N) is 1. The van der Waals surface area contributed by atoms with Crippen molar-refractivity contribution in [2.45, 2.75) is 32.7 Å². The van der Waals surface area contributed by atoms with Crippen LogP contribution < -0.4 is 16.4 Å². The van der Waals surface area contributed by atoms with E-state index in [2.05, 4.69) is 39.8 Å². The molecule has 0 aliphatic carbocycles. The van der Waals surface area contributed by atoms with Gasteiger partial charge in [-0.3, -0.25) is 9.59 Å². The summed E-state index contributed by atoms with van der Waals surface area (Å²) in [5, 5.41) is 5.52. The molecule has 0 radical (unpaired) electrons. The number of carbonyl (C=O) groups is 2. The molecule has 1 fully saturated rings. The zero-order valence-corrected chi connectivity index (χ0v) is 15.9. The Morgan fingerprint density at radius 1 is 1.23 bits per heavy atom. The van der Waals surface area contributed by atoms with Gasteiger partial charge in [0.25, 0.3) is 0 Å². The van der Waals surface area contributed by atoms with Gasteiger partial charge in [0.1, 0.15) is 0 Å². The van der Waals surface area contributed by atoms with Crippen molar-refractivity contribution in [3.05, 3.63) is 35.9 Å². The molecule has 1 heterocycles. The van der Waals surface area contributed by atoms with Crippen LogP contribution in [0.15, 0.2) is 30.3 Å². The molecule has 1 aliphatic rings. The topological polar surface area (TPSA) is 87.5 Å². The zero-order chi connectivity index (χ0) is 18.9. The van der Waals surface area contributed by atoms with Gasteiger partial charge in [-0.05, 0) is 36.8 Å². The molecule has 2 amide bonds. The van der Waals surface area contributed by atoms with Gasteiger partial charge in [-0.25, -0.2) is 0 Å². The van der Waals surface area contributed by atoms with Gasteiger partial charge < -0.3 is 21.3 Å². The van der Waals surface area contributed by atoms with E-state index >= 15 is 0 Å². The lowest BCUT2D eigenvalue weighted by Crippen LogP contribution is -2.47. The van der Waals surface area contributed by atoms with E-state index in [1.54, 1.807) is 0 Å². The molecule has 0 bridgehead atoms. The molecule has 1 aromatic carbocycles. The van der Waals surface area contributed by atoms with Crippen LogP contribution in [0.4, 0.5) is 0 Å². The first-order valence-corrected chi connectivity index (χ1v) is 9.52. The summed E-state index contributed by atoms with van der Waals surface area (Å²) < 4.78 is 0. The molecule has 0 spiro atoms. The minimum Gasteiger partial charge on any atom is -0.354 e. The van der Waals surface area contributed by atoms with Crippen molar-refractivity contribution in [3.63, 3.8) is 0 Å². The van der Waals surface area contributed by atoms with Gasteiger partial charge in [0.05, 0.1) is 12.6 Å². The quantitative estimate of drug-likeness (QED) is 0.607. The normalized spacial score (nSPS) is 18.7. The van der Waals surface area contributed by atoms with E-state index < -0.39 is 6.04 Å². The second-order valence-corrected chi connectivity index (χ2v) is 7.48. The Bertz CT molecular complexity index is 576. The van der Waals surface area contributed by atoms with Crippen LogP contribution in [-0.4, -0.2) is 55.5 Å². The van der Waals surface area contributed by atoms with Gasteiger partial charge in [-0.2, -0.15) is 0 Å². The molecule has 0 saturated carbocycles. The number of nitrogens with one attached hydrogen (secondary N) is 2. The summed E-state index contributed by atoms with van der Waals surface area (Å²) in [5.41, 5.74) is 7.12. The van der Waals surface area contributed by atoms with Crippen molar-refractivity contribution in [2.24, 2.45) is 17.6 Å². The highest BCUT2D eigenvalue weighted by atomic mass is 16.2. The third-order valence-corrected chi connectivity index (χ3v) is 4.96. The summed E-state index contributed by atoms with van der Waals surface area (Å²) in [5.74, 6) is 0.0990. The zero-order valence-electron chi connectivity index (χ0n) is 15.9. The number of rotatable bonds is 9. The van der Waals surface area contributed by atoms with E-state index in [1.165, 1.54) is 5.56 Å². The molecule has 6 nitrogen and oxygen atoms in total. The van der Waals surface area contributed by atoms with Crippen LogP contribution in [0, 0.1) is 11.8 Å². The highest BCUT2D eigenvalue weighted by molar-refractivity contribution is 5.87.